The summed E-state index contributed by atoms with van der Waals surface area (Å²) in [6.07, 6.45) is 2.72. The van der Waals surface area contributed by atoms with E-state index in [-0.39, 0.29) is 11.0 Å². The fraction of sp³-hybridized carbons (Fsp3) is 0.609. The Labute approximate surface area is 173 Å². The summed E-state index contributed by atoms with van der Waals surface area (Å²) in [7, 11) is 0. The minimum atomic E-state index is -0.723. The van der Waals surface area contributed by atoms with Gasteiger partial charge in [0.05, 0.1) is 5.41 Å². The maximum atomic E-state index is 11.7. The van der Waals surface area contributed by atoms with E-state index in [0.29, 0.717) is 12.8 Å². The van der Waals surface area contributed by atoms with Crippen molar-refractivity contribution in [1.82, 2.24) is 5.32 Å². The van der Waals surface area contributed by atoms with Crippen LogP contribution in [0.25, 0.3) is 0 Å². The van der Waals surface area contributed by atoms with Gasteiger partial charge in [-0.2, -0.15) is 0 Å². The molecule has 1 fully saturated rings. The predicted octanol–water partition coefficient (Wildman–Crippen LogP) is 4.57. The molecule has 3 rings (SSSR count). The lowest BCUT2D eigenvalue weighted by Gasteiger charge is -2.38. The van der Waals surface area contributed by atoms with Crippen LogP contribution in [0.4, 0.5) is 5.69 Å². The molecule has 0 aromatic heterocycles. The number of nitrogens with one attached hydrogen (secondary N) is 2. The van der Waals surface area contributed by atoms with Crippen LogP contribution in [0.1, 0.15) is 72.8 Å². The lowest BCUT2D eigenvalue weighted by Crippen LogP contribution is -2.45. The quantitative estimate of drug-likeness (QED) is 0.694. The van der Waals surface area contributed by atoms with Gasteiger partial charge in [0.25, 0.3) is 0 Å². The van der Waals surface area contributed by atoms with Crippen LogP contribution in [0.15, 0.2) is 34.3 Å². The molecule has 6 heteroatoms. The molecule has 158 valence electrons. The lowest BCUT2D eigenvalue weighted by molar-refractivity contribution is -0.147. The highest BCUT2D eigenvalue weighted by Gasteiger charge is 2.45. The van der Waals surface area contributed by atoms with E-state index >= 15 is 0 Å². The van der Waals surface area contributed by atoms with Crippen LogP contribution in [0.3, 0.4) is 0 Å². The zero-order chi connectivity index (χ0) is 21.4. The molecular weight excluding hydrogens is 364 g/mol. The lowest BCUT2D eigenvalue weighted by atomic mass is 9.64. The van der Waals surface area contributed by atoms with Gasteiger partial charge in [-0.25, -0.2) is 9.98 Å². The van der Waals surface area contributed by atoms with Crippen molar-refractivity contribution in [3.05, 3.63) is 29.8 Å². The topological polar surface area (TPSA) is 86.1 Å². The summed E-state index contributed by atoms with van der Waals surface area (Å²) in [5.74, 6) is 0.212. The van der Waals surface area contributed by atoms with Gasteiger partial charge in [0, 0.05) is 28.8 Å². The Morgan fingerprint density at radius 3 is 2.14 bits per heavy atom. The molecule has 1 unspecified atom stereocenters. The van der Waals surface area contributed by atoms with Crippen LogP contribution in [0.2, 0.25) is 0 Å². The SMILES string of the molecule is CC(C)(C)NC1=NC(Nc2ccc(C3(C(=O)O)CCC3)cc2)N=C(C(C)(C)C)C1. The molecule has 1 atom stereocenters. The fourth-order valence-corrected chi connectivity index (χ4v) is 3.80. The number of aliphatic carboxylic acids is 1. The second-order valence-electron chi connectivity index (χ2n) is 10.3. The van der Waals surface area contributed by atoms with Crippen molar-refractivity contribution in [2.75, 3.05) is 5.32 Å². The Kier molecular flexibility index (Phi) is 5.50. The number of carboxylic acid groups (broad SMARTS) is 1. The van der Waals surface area contributed by atoms with E-state index in [1.165, 1.54) is 0 Å². The van der Waals surface area contributed by atoms with E-state index in [1.54, 1.807) is 0 Å². The molecule has 0 bridgehead atoms. The minimum Gasteiger partial charge on any atom is -0.481 e. The van der Waals surface area contributed by atoms with Crippen LogP contribution >= 0.6 is 0 Å². The first kappa shape index (κ1) is 21.3. The van der Waals surface area contributed by atoms with Crippen molar-refractivity contribution in [2.24, 2.45) is 15.4 Å². The largest absolute Gasteiger partial charge is 0.481 e. The van der Waals surface area contributed by atoms with Crippen LogP contribution in [0, 0.1) is 5.41 Å². The third-order valence-corrected chi connectivity index (χ3v) is 5.63. The summed E-state index contributed by atoms with van der Waals surface area (Å²) in [5.41, 5.74) is 2.05. The van der Waals surface area contributed by atoms with Gasteiger partial charge in [0.1, 0.15) is 5.84 Å². The van der Waals surface area contributed by atoms with Crippen molar-refractivity contribution < 1.29 is 9.90 Å². The van der Waals surface area contributed by atoms with Gasteiger partial charge in [0.15, 0.2) is 0 Å². The molecular formula is C23H34N4O2. The van der Waals surface area contributed by atoms with Crippen molar-refractivity contribution in [2.45, 2.75) is 84.5 Å². The molecule has 1 heterocycles. The molecule has 0 amide bonds. The van der Waals surface area contributed by atoms with Gasteiger partial charge in [-0.1, -0.05) is 39.3 Å². The predicted molar refractivity (Wildman–Crippen MR) is 119 cm³/mol. The fourth-order valence-electron chi connectivity index (χ4n) is 3.80. The van der Waals surface area contributed by atoms with Crippen molar-refractivity contribution in [3.63, 3.8) is 0 Å². The van der Waals surface area contributed by atoms with Crippen LogP contribution in [-0.2, 0) is 10.2 Å². The highest BCUT2D eigenvalue weighted by Crippen LogP contribution is 2.44. The molecule has 6 nitrogen and oxygen atoms in total. The smallest absolute Gasteiger partial charge is 0.314 e. The molecule has 3 N–H and O–H groups in total. The summed E-state index contributed by atoms with van der Waals surface area (Å²) in [6.45, 7) is 12.9. The molecule has 2 aliphatic rings. The van der Waals surface area contributed by atoms with Gasteiger partial charge in [-0.15, -0.1) is 0 Å². The molecule has 1 saturated carbocycles. The molecule has 1 aliphatic heterocycles. The highest BCUT2D eigenvalue weighted by molar-refractivity contribution is 6.07. The zero-order valence-corrected chi connectivity index (χ0v) is 18.5. The number of hydrogen-bond acceptors (Lipinski definition) is 5. The number of anilines is 1. The number of hydrogen-bond donors (Lipinski definition) is 3. The van der Waals surface area contributed by atoms with E-state index in [1.807, 2.05) is 24.3 Å². The molecule has 0 saturated heterocycles. The Balaban J connectivity index is 1.80. The van der Waals surface area contributed by atoms with Gasteiger partial charge in [-0.05, 0) is 51.3 Å². The number of benzene rings is 1. The number of rotatable bonds is 4. The third kappa shape index (κ3) is 4.80. The number of nitrogens with zero attached hydrogens (tertiary/aromatic N) is 2. The van der Waals surface area contributed by atoms with E-state index in [2.05, 4.69) is 52.2 Å². The number of carbonyl (C=O) groups is 1. The van der Waals surface area contributed by atoms with Crippen LogP contribution < -0.4 is 10.6 Å². The summed E-state index contributed by atoms with van der Waals surface area (Å²) in [5, 5.41) is 16.5. The summed E-state index contributed by atoms with van der Waals surface area (Å²) in [6, 6.07) is 7.72. The zero-order valence-electron chi connectivity index (χ0n) is 18.5. The maximum absolute atomic E-state index is 11.7. The Bertz CT molecular complexity index is 822. The second kappa shape index (κ2) is 7.47. The number of aliphatic imine (C=N–C) groups is 2. The third-order valence-electron chi connectivity index (χ3n) is 5.63. The minimum absolute atomic E-state index is 0.0391. The van der Waals surface area contributed by atoms with Crippen molar-refractivity contribution in [3.8, 4) is 0 Å². The van der Waals surface area contributed by atoms with E-state index in [9.17, 15) is 9.90 Å². The molecule has 0 radical (unpaired) electrons. The monoisotopic (exact) mass is 398 g/mol. The van der Waals surface area contributed by atoms with Crippen molar-refractivity contribution >= 4 is 23.2 Å². The van der Waals surface area contributed by atoms with Gasteiger partial charge < -0.3 is 15.7 Å². The molecule has 1 aromatic carbocycles. The first-order valence-electron chi connectivity index (χ1n) is 10.4. The summed E-state index contributed by atoms with van der Waals surface area (Å²) < 4.78 is 0. The normalized spacial score (nSPS) is 21.5. The van der Waals surface area contributed by atoms with Gasteiger partial charge in [0.2, 0.25) is 6.29 Å². The van der Waals surface area contributed by atoms with E-state index in [4.69, 9.17) is 9.98 Å². The average Bonchev–Trinajstić information content (AvgIpc) is 2.52. The number of carboxylic acids is 1. The maximum Gasteiger partial charge on any atom is 0.314 e. The standard InChI is InChI=1S/C23H34N4O2/c1-21(2,3)17-14-18(27-22(4,5)6)26-20(25-17)24-16-10-8-15(9-11-16)23(19(28)29)12-7-13-23/h8-11,20,24H,7,12-14H2,1-6H3,(H,26,27)(H,28,29). The Morgan fingerprint density at radius 2 is 1.69 bits per heavy atom. The molecule has 1 aromatic rings. The number of amidine groups is 1. The summed E-state index contributed by atoms with van der Waals surface area (Å²) in [4.78, 5) is 21.3. The second-order valence-corrected chi connectivity index (χ2v) is 10.3. The van der Waals surface area contributed by atoms with Gasteiger partial charge >= 0.3 is 5.97 Å². The molecule has 29 heavy (non-hydrogen) atoms. The van der Waals surface area contributed by atoms with Crippen molar-refractivity contribution in [1.29, 1.82) is 0 Å². The van der Waals surface area contributed by atoms with E-state index in [0.717, 1.165) is 35.6 Å². The summed E-state index contributed by atoms with van der Waals surface area (Å²) >= 11 is 0. The first-order valence-corrected chi connectivity index (χ1v) is 10.4. The first-order chi connectivity index (χ1) is 13.4. The van der Waals surface area contributed by atoms with E-state index < -0.39 is 17.7 Å². The van der Waals surface area contributed by atoms with Crippen LogP contribution in [0.5, 0.6) is 0 Å². The van der Waals surface area contributed by atoms with Crippen LogP contribution in [-0.4, -0.2) is 34.5 Å². The Morgan fingerprint density at radius 1 is 1.07 bits per heavy atom. The molecule has 1 aliphatic carbocycles. The Hall–Kier alpha value is -2.37. The highest BCUT2D eigenvalue weighted by atomic mass is 16.4. The average molecular weight is 399 g/mol. The van der Waals surface area contributed by atoms with Gasteiger partial charge in [-0.3, -0.25) is 4.79 Å². The molecule has 0 spiro atoms.